The zero-order valence-corrected chi connectivity index (χ0v) is 22.8. The summed E-state index contributed by atoms with van der Waals surface area (Å²) in [5, 5.41) is 8.64. The van der Waals surface area contributed by atoms with E-state index >= 15 is 0 Å². The van der Waals surface area contributed by atoms with E-state index in [1.165, 1.54) is 23.9 Å². The molecule has 2 amide bonds. The minimum absolute atomic E-state index is 0.0174. The quantitative estimate of drug-likeness (QED) is 0.351. The van der Waals surface area contributed by atoms with Crippen LogP contribution in [-0.2, 0) is 17.8 Å². The Hall–Kier alpha value is -3.59. The molecular formula is C30H30F2N4O2S. The number of amides is 2. The second-order valence-electron chi connectivity index (χ2n) is 10.3. The Morgan fingerprint density at radius 2 is 1.62 bits per heavy atom. The van der Waals surface area contributed by atoms with Crippen LogP contribution in [-0.4, -0.2) is 52.5 Å². The third-order valence-electron chi connectivity index (χ3n) is 7.14. The van der Waals surface area contributed by atoms with Gasteiger partial charge in [-0.3, -0.25) is 9.59 Å². The monoisotopic (exact) mass is 548 g/mol. The van der Waals surface area contributed by atoms with Crippen LogP contribution in [0.3, 0.4) is 0 Å². The minimum atomic E-state index is -0.885. The second-order valence-corrected chi connectivity index (χ2v) is 11.9. The summed E-state index contributed by atoms with van der Waals surface area (Å²) < 4.78 is 28.1. The number of thioether (sulfide) groups is 1. The van der Waals surface area contributed by atoms with Gasteiger partial charge in [0.2, 0.25) is 5.91 Å². The van der Waals surface area contributed by atoms with E-state index in [-0.39, 0.29) is 23.3 Å². The third kappa shape index (κ3) is 5.88. The summed E-state index contributed by atoms with van der Waals surface area (Å²) in [6, 6.07) is 18.8. The Kier molecular flexibility index (Phi) is 7.79. The number of halogens is 2. The zero-order chi connectivity index (χ0) is 27.6. The molecule has 1 saturated heterocycles. The highest BCUT2D eigenvalue weighted by molar-refractivity contribution is 8.01. The summed E-state index contributed by atoms with van der Waals surface area (Å²) in [6.45, 7) is 5.33. The van der Waals surface area contributed by atoms with Crippen LogP contribution < -0.4 is 0 Å². The van der Waals surface area contributed by atoms with E-state index in [0.29, 0.717) is 44.0 Å². The maximum absolute atomic E-state index is 14.8. The first-order chi connectivity index (χ1) is 18.7. The van der Waals surface area contributed by atoms with Gasteiger partial charge in [-0.25, -0.2) is 8.78 Å². The number of azo groups is 1. The molecule has 0 N–H and O–H groups in total. The van der Waals surface area contributed by atoms with E-state index in [1.54, 1.807) is 54.0 Å². The van der Waals surface area contributed by atoms with E-state index in [1.807, 2.05) is 24.3 Å². The van der Waals surface area contributed by atoms with Crippen LogP contribution in [0, 0.1) is 11.6 Å². The van der Waals surface area contributed by atoms with Crippen molar-refractivity contribution in [3.05, 3.63) is 101 Å². The van der Waals surface area contributed by atoms with Gasteiger partial charge in [-0.2, -0.15) is 10.2 Å². The standard InChI is InChI=1S/C30H30F2N4O2S/c1-30(2,39-27-10-6-5-9-25(27)32)29(38)36-15-13-35(14-16-36)28(37)23-17-20(11-12-24(23)31)18-26-22-8-4-3-7-21(22)19-33-34-26/h3-12,17,26H,13-16,18-19H2,1-2H3. The molecule has 0 radical (unpaired) electrons. The SMILES string of the molecule is CC(C)(Sc1ccccc1F)C(=O)N1CCN(C(=O)c2cc(CC3N=NCc4ccccc43)ccc2F)CC1. The molecule has 1 fully saturated rings. The lowest BCUT2D eigenvalue weighted by molar-refractivity contribution is -0.134. The fraction of sp³-hybridized carbons (Fsp3) is 0.333. The highest BCUT2D eigenvalue weighted by Gasteiger charge is 2.36. The molecule has 0 spiro atoms. The summed E-state index contributed by atoms with van der Waals surface area (Å²) in [7, 11) is 0. The lowest BCUT2D eigenvalue weighted by Crippen LogP contribution is -2.54. The summed E-state index contributed by atoms with van der Waals surface area (Å²) >= 11 is 1.18. The number of nitrogens with zero attached hydrogens (tertiary/aromatic N) is 4. The second kappa shape index (κ2) is 11.3. The van der Waals surface area contributed by atoms with Gasteiger partial charge < -0.3 is 9.80 Å². The van der Waals surface area contributed by atoms with Gasteiger partial charge in [0.15, 0.2) is 0 Å². The summed E-state index contributed by atoms with van der Waals surface area (Å²) in [5.74, 6) is -1.46. The molecule has 2 heterocycles. The average molecular weight is 549 g/mol. The van der Waals surface area contributed by atoms with Crippen molar-refractivity contribution in [1.82, 2.24) is 9.80 Å². The number of rotatable bonds is 6. The number of fused-ring (bicyclic) bond motifs is 1. The van der Waals surface area contributed by atoms with Gasteiger partial charge in [-0.1, -0.05) is 42.5 Å². The van der Waals surface area contributed by atoms with E-state index in [2.05, 4.69) is 10.2 Å². The van der Waals surface area contributed by atoms with Gasteiger partial charge in [0.05, 0.1) is 16.9 Å². The van der Waals surface area contributed by atoms with Crippen LogP contribution >= 0.6 is 11.8 Å². The molecule has 3 aromatic carbocycles. The van der Waals surface area contributed by atoms with Crippen LogP contribution in [0.2, 0.25) is 0 Å². The number of hydrogen-bond acceptors (Lipinski definition) is 5. The van der Waals surface area contributed by atoms with E-state index in [9.17, 15) is 18.4 Å². The summed E-state index contributed by atoms with van der Waals surface area (Å²) in [4.78, 5) is 30.3. The number of carbonyl (C=O) groups excluding carboxylic acids is 2. The smallest absolute Gasteiger partial charge is 0.256 e. The molecule has 0 aromatic heterocycles. The van der Waals surface area contributed by atoms with Crippen molar-refractivity contribution in [3.8, 4) is 0 Å². The summed E-state index contributed by atoms with van der Waals surface area (Å²) in [5.41, 5.74) is 3.05. The Morgan fingerprint density at radius 1 is 0.923 bits per heavy atom. The van der Waals surface area contributed by atoms with E-state index < -0.39 is 16.5 Å². The van der Waals surface area contributed by atoms with Gasteiger partial charge >= 0.3 is 0 Å². The van der Waals surface area contributed by atoms with E-state index in [0.717, 1.165) is 16.7 Å². The summed E-state index contributed by atoms with van der Waals surface area (Å²) in [6.07, 6.45) is 0.512. The van der Waals surface area contributed by atoms with Crippen molar-refractivity contribution in [2.75, 3.05) is 26.2 Å². The molecule has 202 valence electrons. The topological polar surface area (TPSA) is 65.3 Å². The highest BCUT2D eigenvalue weighted by Crippen LogP contribution is 2.36. The van der Waals surface area contributed by atoms with Crippen LogP contribution in [0.25, 0.3) is 0 Å². The molecule has 1 unspecified atom stereocenters. The zero-order valence-electron chi connectivity index (χ0n) is 21.9. The Bertz CT molecular complexity index is 1420. The Labute approximate surface area is 231 Å². The predicted octanol–water partition coefficient (Wildman–Crippen LogP) is 6.07. The third-order valence-corrected chi connectivity index (χ3v) is 8.37. The van der Waals surface area contributed by atoms with Crippen LogP contribution in [0.15, 0.2) is 81.9 Å². The van der Waals surface area contributed by atoms with Gasteiger partial charge in [0.25, 0.3) is 5.91 Å². The maximum Gasteiger partial charge on any atom is 0.256 e. The van der Waals surface area contributed by atoms with Gasteiger partial charge in [0, 0.05) is 37.5 Å². The predicted molar refractivity (Wildman–Crippen MR) is 147 cm³/mol. The van der Waals surface area contributed by atoms with Crippen molar-refractivity contribution in [2.45, 2.75) is 42.5 Å². The molecule has 9 heteroatoms. The maximum atomic E-state index is 14.8. The number of benzene rings is 3. The van der Waals surface area contributed by atoms with Crippen molar-refractivity contribution in [1.29, 1.82) is 0 Å². The molecule has 0 bridgehead atoms. The number of hydrogen-bond donors (Lipinski definition) is 0. The fourth-order valence-electron chi connectivity index (χ4n) is 5.03. The fourth-order valence-corrected chi connectivity index (χ4v) is 6.11. The first-order valence-corrected chi connectivity index (χ1v) is 13.8. The highest BCUT2D eigenvalue weighted by atomic mass is 32.2. The molecule has 2 aliphatic rings. The number of carbonyl (C=O) groups is 2. The molecule has 6 nitrogen and oxygen atoms in total. The van der Waals surface area contributed by atoms with Gasteiger partial charge in [0.1, 0.15) is 17.7 Å². The van der Waals surface area contributed by atoms with E-state index in [4.69, 9.17) is 0 Å². The molecule has 3 aromatic rings. The average Bonchev–Trinajstić information content (AvgIpc) is 2.95. The van der Waals surface area contributed by atoms with Crippen molar-refractivity contribution >= 4 is 23.6 Å². The Morgan fingerprint density at radius 3 is 2.38 bits per heavy atom. The largest absolute Gasteiger partial charge is 0.338 e. The van der Waals surface area contributed by atoms with Crippen LogP contribution in [0.5, 0.6) is 0 Å². The first kappa shape index (κ1) is 27.0. The minimum Gasteiger partial charge on any atom is -0.338 e. The van der Waals surface area contributed by atoms with Crippen LogP contribution in [0.4, 0.5) is 8.78 Å². The van der Waals surface area contributed by atoms with Crippen molar-refractivity contribution < 1.29 is 18.4 Å². The lowest BCUT2D eigenvalue weighted by atomic mass is 9.93. The Balaban J connectivity index is 1.23. The molecule has 5 rings (SSSR count). The molecule has 39 heavy (non-hydrogen) atoms. The van der Waals surface area contributed by atoms with Gasteiger partial charge in [-0.05, 0) is 54.8 Å². The van der Waals surface area contributed by atoms with Crippen LogP contribution in [0.1, 0.15) is 46.9 Å². The molecule has 1 atom stereocenters. The number of piperazine rings is 1. The van der Waals surface area contributed by atoms with Crippen molar-refractivity contribution in [2.24, 2.45) is 10.2 Å². The molecule has 2 aliphatic heterocycles. The van der Waals surface area contributed by atoms with Gasteiger partial charge in [-0.15, -0.1) is 11.8 Å². The normalized spacial score (nSPS) is 17.2. The van der Waals surface area contributed by atoms with Crippen molar-refractivity contribution in [3.63, 3.8) is 0 Å². The first-order valence-electron chi connectivity index (χ1n) is 13.0. The molecular weight excluding hydrogens is 518 g/mol. The molecule has 0 saturated carbocycles. The lowest BCUT2D eigenvalue weighted by Gasteiger charge is -2.38. The molecule has 0 aliphatic carbocycles.